The molecular weight excluding hydrogens is 274 g/mol. The lowest BCUT2D eigenvalue weighted by atomic mass is 10.2. The van der Waals surface area contributed by atoms with Crippen LogP contribution in [0.5, 0.6) is 0 Å². The monoisotopic (exact) mass is 283 g/mol. The Kier molecular flexibility index (Phi) is 3.78. The summed E-state index contributed by atoms with van der Waals surface area (Å²) in [6, 6.07) is 4.94. The van der Waals surface area contributed by atoms with Crippen molar-refractivity contribution in [3.05, 3.63) is 49.4 Å². The smallest absolute Gasteiger partial charge is 0.272 e. The van der Waals surface area contributed by atoms with Gasteiger partial charge < -0.3 is 5.32 Å². The van der Waals surface area contributed by atoms with E-state index in [4.69, 9.17) is 11.6 Å². The van der Waals surface area contributed by atoms with Crippen molar-refractivity contribution in [2.24, 2.45) is 0 Å². The van der Waals surface area contributed by atoms with Gasteiger partial charge in [-0.25, -0.2) is 4.98 Å². The first-order valence-electron chi connectivity index (χ1n) is 5.15. The van der Waals surface area contributed by atoms with Gasteiger partial charge in [-0.05, 0) is 19.1 Å². The summed E-state index contributed by atoms with van der Waals surface area (Å²) in [6.45, 7) is 2.31. The number of hydrogen-bond acceptors (Lipinski definition) is 5. The van der Waals surface area contributed by atoms with E-state index < -0.39 is 0 Å². The molecule has 94 valence electrons. The molecule has 0 amide bonds. The van der Waals surface area contributed by atoms with E-state index >= 15 is 0 Å². The normalized spacial score (nSPS) is 10.3. The van der Waals surface area contributed by atoms with E-state index in [-0.39, 0.29) is 10.6 Å². The number of nitro benzene ring substituents is 1. The number of nitrogens with zero attached hydrogens (tertiary/aromatic N) is 2. The molecule has 0 aliphatic heterocycles. The van der Waals surface area contributed by atoms with Crippen molar-refractivity contribution in [3.63, 3.8) is 0 Å². The summed E-state index contributed by atoms with van der Waals surface area (Å²) in [4.78, 5) is 15.2. The standard InChI is InChI=1S/C11H10ClN3O2S/c1-7-4-8(2-3-10(7)15(16)17)13-5-9-6-14-11(12)18-9/h2-4,6,13H,5H2,1H3. The SMILES string of the molecule is Cc1cc(NCc2cnc(Cl)s2)ccc1[N+](=O)[O-]. The fourth-order valence-electron chi connectivity index (χ4n) is 1.52. The van der Waals surface area contributed by atoms with E-state index in [1.807, 2.05) is 0 Å². The number of aryl methyl sites for hydroxylation is 1. The van der Waals surface area contributed by atoms with Gasteiger partial charge in [0.15, 0.2) is 4.47 Å². The van der Waals surface area contributed by atoms with Crippen LogP contribution in [-0.2, 0) is 6.54 Å². The fourth-order valence-corrected chi connectivity index (χ4v) is 2.44. The molecule has 0 unspecified atom stereocenters. The highest BCUT2D eigenvalue weighted by Gasteiger charge is 2.10. The summed E-state index contributed by atoms with van der Waals surface area (Å²) in [6.07, 6.45) is 1.71. The van der Waals surface area contributed by atoms with Gasteiger partial charge in [0, 0.05) is 28.4 Å². The molecule has 0 radical (unpaired) electrons. The van der Waals surface area contributed by atoms with Crippen LogP contribution in [0.4, 0.5) is 11.4 Å². The van der Waals surface area contributed by atoms with E-state index in [1.54, 1.807) is 25.3 Å². The summed E-state index contributed by atoms with van der Waals surface area (Å²) in [5, 5.41) is 13.8. The fraction of sp³-hybridized carbons (Fsp3) is 0.182. The maximum atomic E-state index is 10.7. The highest BCUT2D eigenvalue weighted by molar-refractivity contribution is 7.15. The molecule has 2 rings (SSSR count). The van der Waals surface area contributed by atoms with Gasteiger partial charge in [-0.2, -0.15) is 0 Å². The number of anilines is 1. The van der Waals surface area contributed by atoms with Crippen molar-refractivity contribution >= 4 is 34.3 Å². The minimum atomic E-state index is -0.387. The highest BCUT2D eigenvalue weighted by atomic mass is 35.5. The number of hydrogen-bond donors (Lipinski definition) is 1. The molecule has 1 aromatic heterocycles. The molecule has 0 spiro atoms. The van der Waals surface area contributed by atoms with Crippen LogP contribution in [0.1, 0.15) is 10.4 Å². The average Bonchev–Trinajstić information content (AvgIpc) is 2.72. The largest absolute Gasteiger partial charge is 0.380 e. The highest BCUT2D eigenvalue weighted by Crippen LogP contribution is 2.23. The summed E-state index contributed by atoms with van der Waals surface area (Å²) in [7, 11) is 0. The quantitative estimate of drug-likeness (QED) is 0.687. The molecule has 0 saturated carbocycles. The van der Waals surface area contributed by atoms with Crippen LogP contribution in [-0.4, -0.2) is 9.91 Å². The minimum Gasteiger partial charge on any atom is -0.380 e. The third kappa shape index (κ3) is 2.96. The predicted molar refractivity (Wildman–Crippen MR) is 72.3 cm³/mol. The van der Waals surface area contributed by atoms with Crippen LogP contribution in [0.3, 0.4) is 0 Å². The van der Waals surface area contributed by atoms with Gasteiger partial charge in [0.05, 0.1) is 11.5 Å². The third-order valence-corrected chi connectivity index (χ3v) is 3.50. The van der Waals surface area contributed by atoms with Crippen molar-refractivity contribution in [2.75, 3.05) is 5.32 Å². The summed E-state index contributed by atoms with van der Waals surface area (Å²) in [5.74, 6) is 0. The molecule has 0 aliphatic rings. The minimum absolute atomic E-state index is 0.126. The zero-order chi connectivity index (χ0) is 13.1. The zero-order valence-corrected chi connectivity index (χ0v) is 11.1. The molecule has 0 saturated heterocycles. The lowest BCUT2D eigenvalue weighted by molar-refractivity contribution is -0.385. The molecule has 18 heavy (non-hydrogen) atoms. The second-order valence-electron chi connectivity index (χ2n) is 3.69. The van der Waals surface area contributed by atoms with E-state index in [0.29, 0.717) is 16.6 Å². The molecule has 0 atom stereocenters. The van der Waals surface area contributed by atoms with Crippen molar-refractivity contribution in [2.45, 2.75) is 13.5 Å². The first-order valence-corrected chi connectivity index (χ1v) is 6.35. The van der Waals surface area contributed by atoms with E-state index in [9.17, 15) is 10.1 Å². The first kappa shape index (κ1) is 12.8. The number of nitrogens with one attached hydrogen (secondary N) is 1. The Balaban J connectivity index is 2.06. The van der Waals surface area contributed by atoms with Gasteiger partial charge >= 0.3 is 0 Å². The van der Waals surface area contributed by atoms with Crippen molar-refractivity contribution in [1.82, 2.24) is 4.98 Å². The van der Waals surface area contributed by atoms with Crippen LogP contribution in [0.25, 0.3) is 0 Å². The first-order chi connectivity index (χ1) is 8.56. The number of aromatic nitrogens is 1. The molecule has 1 aromatic carbocycles. The number of benzene rings is 1. The summed E-state index contributed by atoms with van der Waals surface area (Å²) in [5.41, 5.74) is 1.59. The lowest BCUT2D eigenvalue weighted by Gasteiger charge is -2.05. The Bertz CT molecular complexity index is 585. The van der Waals surface area contributed by atoms with Crippen LogP contribution in [0.15, 0.2) is 24.4 Å². The van der Waals surface area contributed by atoms with Crippen molar-refractivity contribution in [1.29, 1.82) is 0 Å². The zero-order valence-electron chi connectivity index (χ0n) is 9.51. The Hall–Kier alpha value is -1.66. The average molecular weight is 284 g/mol. The Morgan fingerprint density at radius 2 is 2.33 bits per heavy atom. The molecule has 0 aliphatic carbocycles. The maximum Gasteiger partial charge on any atom is 0.272 e. The van der Waals surface area contributed by atoms with Gasteiger partial charge in [0.1, 0.15) is 0 Å². The van der Waals surface area contributed by atoms with Gasteiger partial charge in [-0.3, -0.25) is 10.1 Å². The van der Waals surface area contributed by atoms with Gasteiger partial charge in [-0.1, -0.05) is 11.6 Å². The molecule has 0 bridgehead atoms. The van der Waals surface area contributed by atoms with Crippen LogP contribution in [0.2, 0.25) is 4.47 Å². The van der Waals surface area contributed by atoms with Crippen LogP contribution in [0, 0.1) is 17.0 Å². The van der Waals surface area contributed by atoms with E-state index in [1.165, 1.54) is 17.4 Å². The number of halogens is 1. The van der Waals surface area contributed by atoms with Crippen molar-refractivity contribution in [3.8, 4) is 0 Å². The molecule has 0 fully saturated rings. The van der Waals surface area contributed by atoms with Crippen LogP contribution >= 0.6 is 22.9 Å². The van der Waals surface area contributed by atoms with Crippen molar-refractivity contribution < 1.29 is 4.92 Å². The van der Waals surface area contributed by atoms with Gasteiger partial charge in [0.25, 0.3) is 5.69 Å². The summed E-state index contributed by atoms with van der Waals surface area (Å²) >= 11 is 7.13. The second-order valence-corrected chi connectivity index (χ2v) is 5.39. The Labute approximate surface area is 113 Å². The molecule has 2 aromatic rings. The lowest BCUT2D eigenvalue weighted by Crippen LogP contribution is -1.99. The third-order valence-electron chi connectivity index (χ3n) is 2.39. The second kappa shape index (κ2) is 5.32. The maximum absolute atomic E-state index is 10.7. The van der Waals surface area contributed by atoms with Gasteiger partial charge in [-0.15, -0.1) is 11.3 Å². The number of nitro groups is 1. The topological polar surface area (TPSA) is 68.1 Å². The summed E-state index contributed by atoms with van der Waals surface area (Å²) < 4.78 is 0.506. The number of thiazole rings is 1. The molecular formula is C11H10ClN3O2S. The predicted octanol–water partition coefficient (Wildman–Crippen LogP) is 3.63. The number of rotatable bonds is 4. The Morgan fingerprint density at radius 3 is 2.89 bits per heavy atom. The van der Waals surface area contributed by atoms with E-state index in [0.717, 1.165) is 10.6 Å². The molecule has 5 nitrogen and oxygen atoms in total. The van der Waals surface area contributed by atoms with Gasteiger partial charge in [0.2, 0.25) is 0 Å². The molecule has 1 heterocycles. The Morgan fingerprint density at radius 1 is 1.56 bits per heavy atom. The van der Waals surface area contributed by atoms with E-state index in [2.05, 4.69) is 10.3 Å². The molecule has 7 heteroatoms. The molecule has 1 N–H and O–H groups in total. The van der Waals surface area contributed by atoms with Crippen LogP contribution < -0.4 is 5.32 Å².